The number of carbonyl (C=O) groups excluding carboxylic acids is 2. The number of nitrogens with two attached hydrogens (primary N) is 1. The fourth-order valence-corrected chi connectivity index (χ4v) is 5.86. The number of hydrogen-bond donors (Lipinski definition) is 3. The Hall–Kier alpha value is -2.96. The molecule has 3 aromatic rings. The molecule has 2 aromatic carbocycles. The van der Waals surface area contributed by atoms with Crippen molar-refractivity contribution in [2.45, 2.75) is 30.7 Å². The molecule has 0 radical (unpaired) electrons. The highest BCUT2D eigenvalue weighted by Gasteiger charge is 2.30. The van der Waals surface area contributed by atoms with Crippen molar-refractivity contribution < 1.29 is 22.5 Å². The highest BCUT2D eigenvalue weighted by atomic mass is 35.5. The Morgan fingerprint density at radius 2 is 1.76 bits per heavy atom. The van der Waals surface area contributed by atoms with Crippen molar-refractivity contribution in [2.24, 2.45) is 5.73 Å². The predicted molar refractivity (Wildman–Crippen MR) is 146 cm³/mol. The van der Waals surface area contributed by atoms with Gasteiger partial charge >= 0.3 is 0 Å². The maximum absolute atomic E-state index is 13.3. The molecule has 1 atom stereocenters. The van der Waals surface area contributed by atoms with Gasteiger partial charge in [-0.3, -0.25) is 18.9 Å². The maximum atomic E-state index is 13.3. The zero-order valence-electron chi connectivity index (χ0n) is 19.9. The molecule has 0 saturated carbocycles. The van der Waals surface area contributed by atoms with E-state index in [1.54, 1.807) is 36.4 Å². The molecule has 1 aliphatic heterocycles. The zero-order valence-corrected chi connectivity index (χ0v) is 23.0. The average Bonchev–Trinajstić information content (AvgIpc) is 2.88. The Morgan fingerprint density at radius 3 is 2.34 bits per heavy atom. The number of benzene rings is 2. The molecule has 0 spiro atoms. The van der Waals surface area contributed by atoms with Crippen LogP contribution in [0.4, 0.5) is 15.9 Å². The molecule has 1 aliphatic rings. The van der Waals surface area contributed by atoms with E-state index in [9.17, 15) is 22.5 Å². The second-order valence-electron chi connectivity index (χ2n) is 8.13. The minimum atomic E-state index is -3.85. The third-order valence-corrected chi connectivity index (χ3v) is 8.00. The summed E-state index contributed by atoms with van der Waals surface area (Å²) in [6.45, 7) is 1.69. The number of rotatable bonds is 5. The van der Waals surface area contributed by atoms with Crippen molar-refractivity contribution in [1.29, 1.82) is 0 Å². The van der Waals surface area contributed by atoms with Gasteiger partial charge in [0.1, 0.15) is 0 Å². The number of amides is 2. The first kappa shape index (κ1) is 29.6. The quantitative estimate of drug-likeness (QED) is 0.360. The number of sulfonamides is 1. The molecule has 0 aliphatic carbocycles. The van der Waals surface area contributed by atoms with Crippen LogP contribution in [0.5, 0.6) is 0 Å². The monoisotopic (exact) mass is 601 g/mol. The number of hydrogen-bond acceptors (Lipinski definition) is 6. The number of aromatic nitrogens is 1. The number of halogens is 4. The summed E-state index contributed by atoms with van der Waals surface area (Å²) >= 11 is 18.2. The topological polar surface area (TPSA) is 134 Å². The highest BCUT2D eigenvalue weighted by Crippen LogP contribution is 2.34. The second-order valence-corrected chi connectivity index (χ2v) is 11.2. The molecule has 4 N–H and O–H groups in total. The van der Waals surface area contributed by atoms with Gasteiger partial charge < -0.3 is 11.1 Å². The van der Waals surface area contributed by atoms with E-state index < -0.39 is 27.9 Å². The van der Waals surface area contributed by atoms with E-state index in [1.165, 1.54) is 29.6 Å². The fraction of sp³-hybridized carbons (Fsp3) is 0.208. The average molecular weight is 603 g/mol. The van der Waals surface area contributed by atoms with Crippen molar-refractivity contribution in [3.63, 3.8) is 0 Å². The summed E-state index contributed by atoms with van der Waals surface area (Å²) in [5, 5.41) is 3.44. The molecule has 9 nitrogen and oxygen atoms in total. The van der Waals surface area contributed by atoms with Gasteiger partial charge in [-0.05, 0) is 56.2 Å². The first-order valence-electron chi connectivity index (χ1n) is 11.1. The predicted octanol–water partition coefficient (Wildman–Crippen LogP) is 4.77. The van der Waals surface area contributed by atoms with Gasteiger partial charge in [0.05, 0.1) is 49.8 Å². The van der Waals surface area contributed by atoms with Crippen LogP contribution in [0.15, 0.2) is 59.6 Å². The molecule has 202 valence electrons. The minimum absolute atomic E-state index is 0.0881. The Balaban J connectivity index is 0.000000505. The molecule has 1 aromatic heterocycles. The minimum Gasteiger partial charge on any atom is -0.320 e. The van der Waals surface area contributed by atoms with Crippen LogP contribution in [0.25, 0.3) is 0 Å². The van der Waals surface area contributed by atoms with Crippen molar-refractivity contribution in [3.8, 4) is 0 Å². The fourth-order valence-electron chi connectivity index (χ4n) is 3.47. The first-order valence-corrected chi connectivity index (χ1v) is 13.7. The molecule has 1 unspecified atom stereocenters. The molecule has 0 saturated heterocycles. The summed E-state index contributed by atoms with van der Waals surface area (Å²) in [4.78, 5) is 27.1. The standard InChI is InChI=1S/C21H16Cl3N3O3S.C3H7FN2O/c22-13-4-1-5-15(10-13)31(29,30)27-9-3-8-18-19(27)11-14(12-25-18)26-21(28)20-16(23)6-2-7-17(20)24;1-2(5)3(7)6-4/h1-2,4-7,10-12H,3,8-9H2,(H,26,28);2H,5H2,1H3,(H,6,7). The number of anilines is 2. The summed E-state index contributed by atoms with van der Waals surface area (Å²) in [6.07, 6.45) is 2.74. The summed E-state index contributed by atoms with van der Waals surface area (Å²) in [6, 6.07) is 11.7. The number of pyridine rings is 1. The lowest BCUT2D eigenvalue weighted by Crippen LogP contribution is -2.36. The molecule has 0 bridgehead atoms. The van der Waals surface area contributed by atoms with Gasteiger partial charge in [0.25, 0.3) is 21.8 Å². The highest BCUT2D eigenvalue weighted by molar-refractivity contribution is 7.92. The zero-order chi connectivity index (χ0) is 28.0. The molecule has 4 rings (SSSR count). The second kappa shape index (κ2) is 12.7. The number of nitrogens with one attached hydrogen (secondary N) is 2. The van der Waals surface area contributed by atoms with Gasteiger partial charge in [-0.2, -0.15) is 5.54 Å². The molecular formula is C24H23Cl3FN5O4S. The molecule has 2 amide bonds. The van der Waals surface area contributed by atoms with E-state index in [1.807, 2.05) is 0 Å². The van der Waals surface area contributed by atoms with Crippen LogP contribution in [-0.2, 0) is 21.2 Å². The first-order chi connectivity index (χ1) is 17.9. The van der Waals surface area contributed by atoms with Crippen LogP contribution < -0.4 is 20.9 Å². The number of nitrogens with zero attached hydrogens (tertiary/aromatic N) is 2. The van der Waals surface area contributed by atoms with Gasteiger partial charge in [0.2, 0.25) is 0 Å². The van der Waals surface area contributed by atoms with Gasteiger partial charge in [-0.25, -0.2) is 8.42 Å². The van der Waals surface area contributed by atoms with Crippen molar-refractivity contribution in [3.05, 3.63) is 81.1 Å². The Labute approximate surface area is 234 Å². The molecule has 38 heavy (non-hydrogen) atoms. The third-order valence-electron chi connectivity index (χ3n) is 5.33. The van der Waals surface area contributed by atoms with Crippen molar-refractivity contribution in [1.82, 2.24) is 10.5 Å². The summed E-state index contributed by atoms with van der Waals surface area (Å²) in [5.74, 6) is -1.31. The van der Waals surface area contributed by atoms with E-state index in [0.717, 1.165) is 5.54 Å². The van der Waals surface area contributed by atoms with E-state index in [4.69, 9.17) is 40.5 Å². The van der Waals surface area contributed by atoms with E-state index in [0.29, 0.717) is 34.9 Å². The van der Waals surface area contributed by atoms with E-state index in [2.05, 4.69) is 10.3 Å². The van der Waals surface area contributed by atoms with Crippen LogP contribution in [0.1, 0.15) is 29.4 Å². The van der Waals surface area contributed by atoms with Crippen LogP contribution in [0.2, 0.25) is 15.1 Å². The Morgan fingerprint density at radius 1 is 1.11 bits per heavy atom. The molecule has 2 heterocycles. The number of fused-ring (bicyclic) bond motifs is 1. The number of aryl methyl sites for hydroxylation is 1. The lowest BCUT2D eigenvalue weighted by atomic mass is 10.1. The van der Waals surface area contributed by atoms with Crippen LogP contribution in [0.3, 0.4) is 0 Å². The van der Waals surface area contributed by atoms with Gasteiger partial charge in [-0.1, -0.05) is 46.9 Å². The summed E-state index contributed by atoms with van der Waals surface area (Å²) in [5.41, 5.74) is 7.29. The van der Waals surface area contributed by atoms with Gasteiger partial charge in [0, 0.05) is 11.6 Å². The largest absolute Gasteiger partial charge is 0.320 e. The lowest BCUT2D eigenvalue weighted by Gasteiger charge is -2.30. The van der Waals surface area contributed by atoms with Gasteiger partial charge in [0.15, 0.2) is 0 Å². The molecule has 0 fully saturated rings. The SMILES string of the molecule is CC(N)C(=O)NF.O=C(Nc1cnc2c(c1)N(S(=O)(=O)c1cccc(Cl)c1)CCC2)c1c(Cl)cccc1Cl. The van der Waals surface area contributed by atoms with Crippen LogP contribution >= 0.6 is 34.8 Å². The summed E-state index contributed by atoms with van der Waals surface area (Å²) in [7, 11) is -3.85. The molecule has 14 heteroatoms. The van der Waals surface area contributed by atoms with Crippen LogP contribution in [0, 0.1) is 0 Å². The normalized spacial score (nSPS) is 13.5. The molecular weight excluding hydrogens is 580 g/mol. The van der Waals surface area contributed by atoms with Gasteiger partial charge in [-0.15, -0.1) is 4.48 Å². The smallest absolute Gasteiger partial charge is 0.264 e. The lowest BCUT2D eigenvalue weighted by molar-refractivity contribution is -0.126. The summed E-state index contributed by atoms with van der Waals surface area (Å²) < 4.78 is 38.8. The van der Waals surface area contributed by atoms with E-state index >= 15 is 0 Å². The Bertz CT molecular complexity index is 1440. The Kier molecular flexibility index (Phi) is 9.91. The number of carbonyl (C=O) groups is 2. The van der Waals surface area contributed by atoms with E-state index in [-0.39, 0.29) is 27.0 Å². The maximum Gasteiger partial charge on any atom is 0.264 e. The van der Waals surface area contributed by atoms with Crippen LogP contribution in [-0.4, -0.2) is 37.8 Å². The van der Waals surface area contributed by atoms with Crippen molar-refractivity contribution >= 4 is 68.0 Å². The van der Waals surface area contributed by atoms with Crippen molar-refractivity contribution in [2.75, 3.05) is 16.2 Å². The third kappa shape index (κ3) is 6.91.